The third-order valence-electron chi connectivity index (χ3n) is 2.34. The quantitative estimate of drug-likeness (QED) is 0.566. The molecule has 64 valence electrons. The first-order valence-corrected chi connectivity index (χ1v) is 4.15. The fraction of sp³-hybridized carbons (Fsp3) is 0.100. The summed E-state index contributed by atoms with van der Waals surface area (Å²) in [7, 11) is 0. The average molecular weight is 172 g/mol. The monoisotopic (exact) mass is 172 g/mol. The van der Waals surface area contributed by atoms with Crippen molar-refractivity contribution < 1.29 is 4.42 Å². The summed E-state index contributed by atoms with van der Waals surface area (Å²) in [5.74, 6) is 0. The Morgan fingerprint density at radius 3 is 3.23 bits per heavy atom. The highest BCUT2D eigenvalue weighted by molar-refractivity contribution is 5.94. The van der Waals surface area contributed by atoms with Crippen molar-refractivity contribution in [2.45, 2.75) is 6.92 Å². The molecule has 0 aliphatic rings. The fourth-order valence-corrected chi connectivity index (χ4v) is 1.61. The third kappa shape index (κ3) is 0.811. The number of aromatic nitrogens is 2. The topological polar surface area (TPSA) is 41.8 Å². The van der Waals surface area contributed by atoms with E-state index < -0.39 is 0 Å². The van der Waals surface area contributed by atoms with Crippen LogP contribution in [0.3, 0.4) is 0 Å². The maximum Gasteiger partial charge on any atom is 0.181 e. The fourth-order valence-electron chi connectivity index (χ4n) is 1.61. The lowest BCUT2D eigenvalue weighted by atomic mass is 10.2. The number of hydrogen-bond acceptors (Lipinski definition) is 2. The van der Waals surface area contributed by atoms with Crippen molar-refractivity contribution >= 4 is 22.0 Å². The maximum absolute atomic E-state index is 5.23. The van der Waals surface area contributed by atoms with E-state index in [4.69, 9.17) is 4.42 Å². The predicted molar refractivity (Wildman–Crippen MR) is 50.6 cm³/mol. The van der Waals surface area contributed by atoms with Crippen LogP contribution in [0.25, 0.3) is 22.0 Å². The second kappa shape index (κ2) is 2.13. The predicted octanol–water partition coefficient (Wildman–Crippen LogP) is 2.62. The second-order valence-corrected chi connectivity index (χ2v) is 3.19. The third-order valence-corrected chi connectivity index (χ3v) is 2.34. The van der Waals surface area contributed by atoms with Crippen molar-refractivity contribution in [3.05, 3.63) is 30.3 Å². The Morgan fingerprint density at radius 1 is 1.38 bits per heavy atom. The molecular formula is C10H8N2O. The van der Waals surface area contributed by atoms with E-state index in [9.17, 15) is 0 Å². The molecule has 0 amide bonds. The molecule has 0 spiro atoms. The molecule has 3 rings (SSSR count). The first-order valence-electron chi connectivity index (χ1n) is 4.15. The Bertz CT molecular complexity index is 577. The number of H-pyrrole nitrogens is 1. The van der Waals surface area contributed by atoms with Gasteiger partial charge in [0, 0.05) is 17.1 Å². The van der Waals surface area contributed by atoms with Crippen LogP contribution in [-0.4, -0.2) is 9.97 Å². The number of oxazole rings is 1. The minimum Gasteiger partial charge on any atom is -0.443 e. The molecule has 0 saturated carbocycles. The average Bonchev–Trinajstić information content (AvgIpc) is 2.70. The number of nitrogens with zero attached hydrogens (tertiary/aromatic N) is 1. The summed E-state index contributed by atoms with van der Waals surface area (Å²) in [5.41, 5.74) is 4.08. The molecule has 2 aromatic heterocycles. The number of aryl methyl sites for hydroxylation is 1. The lowest BCUT2D eigenvalue weighted by Crippen LogP contribution is -1.70. The molecule has 2 heterocycles. The van der Waals surface area contributed by atoms with Gasteiger partial charge in [-0.25, -0.2) is 4.98 Å². The van der Waals surface area contributed by atoms with E-state index in [0.717, 1.165) is 16.6 Å². The van der Waals surface area contributed by atoms with E-state index in [1.54, 1.807) is 0 Å². The van der Waals surface area contributed by atoms with Gasteiger partial charge in [-0.1, -0.05) is 0 Å². The largest absolute Gasteiger partial charge is 0.443 e. The molecule has 0 bridgehead atoms. The van der Waals surface area contributed by atoms with Crippen LogP contribution in [0.1, 0.15) is 5.56 Å². The van der Waals surface area contributed by atoms with Gasteiger partial charge in [0.2, 0.25) is 0 Å². The molecule has 3 aromatic rings. The SMILES string of the molecule is Cc1c[nH]c2cc3ncoc3cc12. The summed E-state index contributed by atoms with van der Waals surface area (Å²) >= 11 is 0. The number of fused-ring (bicyclic) bond motifs is 2. The lowest BCUT2D eigenvalue weighted by molar-refractivity contribution is 0.602. The van der Waals surface area contributed by atoms with Crippen LogP contribution >= 0.6 is 0 Å². The molecule has 1 aromatic carbocycles. The van der Waals surface area contributed by atoms with Crippen molar-refractivity contribution in [1.29, 1.82) is 0 Å². The van der Waals surface area contributed by atoms with Crippen molar-refractivity contribution in [2.24, 2.45) is 0 Å². The van der Waals surface area contributed by atoms with Gasteiger partial charge < -0.3 is 9.40 Å². The van der Waals surface area contributed by atoms with Gasteiger partial charge in [0.1, 0.15) is 5.52 Å². The molecule has 0 aliphatic heterocycles. The molecular weight excluding hydrogens is 164 g/mol. The summed E-state index contributed by atoms with van der Waals surface area (Å²) in [6, 6.07) is 4.02. The Labute approximate surface area is 74.4 Å². The van der Waals surface area contributed by atoms with Gasteiger partial charge in [-0.15, -0.1) is 0 Å². The maximum atomic E-state index is 5.23. The summed E-state index contributed by atoms with van der Waals surface area (Å²) in [4.78, 5) is 7.28. The van der Waals surface area contributed by atoms with Gasteiger partial charge in [-0.05, 0) is 24.6 Å². The molecule has 3 nitrogen and oxygen atoms in total. The summed E-state index contributed by atoms with van der Waals surface area (Å²) < 4.78 is 5.23. The highest BCUT2D eigenvalue weighted by Crippen LogP contribution is 2.23. The zero-order valence-electron chi connectivity index (χ0n) is 7.16. The number of aromatic amines is 1. The summed E-state index contributed by atoms with van der Waals surface area (Å²) in [5, 5.41) is 1.20. The first kappa shape index (κ1) is 6.71. The normalized spacial score (nSPS) is 11.5. The molecule has 3 heteroatoms. The lowest BCUT2D eigenvalue weighted by Gasteiger charge is -1.90. The summed E-state index contributed by atoms with van der Waals surface area (Å²) in [6.07, 6.45) is 3.46. The van der Waals surface area contributed by atoms with Crippen molar-refractivity contribution in [3.8, 4) is 0 Å². The van der Waals surface area contributed by atoms with E-state index in [1.807, 2.05) is 18.3 Å². The van der Waals surface area contributed by atoms with E-state index in [1.165, 1.54) is 17.3 Å². The van der Waals surface area contributed by atoms with Crippen LogP contribution in [0, 0.1) is 6.92 Å². The number of rotatable bonds is 0. The summed E-state index contributed by atoms with van der Waals surface area (Å²) in [6.45, 7) is 2.07. The Morgan fingerprint density at radius 2 is 2.31 bits per heavy atom. The van der Waals surface area contributed by atoms with Crippen LogP contribution in [0.15, 0.2) is 29.1 Å². The van der Waals surface area contributed by atoms with E-state index in [2.05, 4.69) is 16.9 Å². The van der Waals surface area contributed by atoms with Crippen LogP contribution in [0.2, 0.25) is 0 Å². The molecule has 0 radical (unpaired) electrons. The molecule has 13 heavy (non-hydrogen) atoms. The highest BCUT2D eigenvalue weighted by Gasteiger charge is 2.04. The van der Waals surface area contributed by atoms with Crippen molar-refractivity contribution in [3.63, 3.8) is 0 Å². The van der Waals surface area contributed by atoms with Gasteiger partial charge in [0.15, 0.2) is 12.0 Å². The van der Waals surface area contributed by atoms with Gasteiger partial charge >= 0.3 is 0 Å². The van der Waals surface area contributed by atoms with Crippen LogP contribution < -0.4 is 0 Å². The van der Waals surface area contributed by atoms with Gasteiger partial charge in [0.05, 0.1) is 0 Å². The van der Waals surface area contributed by atoms with Crippen LogP contribution in [-0.2, 0) is 0 Å². The molecule has 0 fully saturated rings. The Hall–Kier alpha value is -1.77. The van der Waals surface area contributed by atoms with Gasteiger partial charge in [-0.2, -0.15) is 0 Å². The van der Waals surface area contributed by atoms with E-state index in [-0.39, 0.29) is 0 Å². The standard InChI is InChI=1S/C10H8N2O/c1-6-4-11-8-3-9-10(2-7(6)8)13-5-12-9/h2-5,11H,1H3. The Balaban J connectivity index is 2.59. The van der Waals surface area contributed by atoms with Gasteiger partial charge in [-0.3, -0.25) is 0 Å². The highest BCUT2D eigenvalue weighted by atomic mass is 16.3. The van der Waals surface area contributed by atoms with Crippen LogP contribution in [0.4, 0.5) is 0 Å². The molecule has 0 aliphatic carbocycles. The van der Waals surface area contributed by atoms with Crippen molar-refractivity contribution in [2.75, 3.05) is 0 Å². The minimum absolute atomic E-state index is 0.843. The van der Waals surface area contributed by atoms with E-state index in [0.29, 0.717) is 0 Å². The zero-order valence-corrected chi connectivity index (χ0v) is 7.16. The number of hydrogen-bond donors (Lipinski definition) is 1. The van der Waals surface area contributed by atoms with Gasteiger partial charge in [0.25, 0.3) is 0 Å². The zero-order chi connectivity index (χ0) is 8.84. The van der Waals surface area contributed by atoms with E-state index >= 15 is 0 Å². The minimum atomic E-state index is 0.843. The smallest absolute Gasteiger partial charge is 0.181 e. The molecule has 1 N–H and O–H groups in total. The first-order chi connectivity index (χ1) is 6.34. The Kier molecular flexibility index (Phi) is 1.10. The number of benzene rings is 1. The molecule has 0 unspecified atom stereocenters. The molecule has 0 saturated heterocycles. The molecule has 0 atom stereocenters. The van der Waals surface area contributed by atoms with Crippen LogP contribution in [0.5, 0.6) is 0 Å². The second-order valence-electron chi connectivity index (χ2n) is 3.19. The number of nitrogens with one attached hydrogen (secondary N) is 1. The van der Waals surface area contributed by atoms with Crippen molar-refractivity contribution in [1.82, 2.24) is 9.97 Å².